The van der Waals surface area contributed by atoms with Crippen molar-refractivity contribution in [3.8, 4) is 0 Å². The van der Waals surface area contributed by atoms with E-state index in [0.717, 1.165) is 15.6 Å². The summed E-state index contributed by atoms with van der Waals surface area (Å²) in [7, 11) is 0. The first-order valence-corrected chi connectivity index (χ1v) is 8.04. The quantitative estimate of drug-likeness (QED) is 0.915. The molecule has 1 aliphatic rings. The van der Waals surface area contributed by atoms with Crippen molar-refractivity contribution in [3.05, 3.63) is 34.5 Å². The number of benzene rings is 1. The van der Waals surface area contributed by atoms with Gasteiger partial charge in [0.05, 0.1) is 17.5 Å². The standard InChI is InChI=1S/C16H16FNO4S/c1-8-6-18(7-12(22-8)16(20)21)15(19)14-9(2)11-5-10(17)3-4-13(11)23-14/h3-5,8,12H,6-7H2,1-2H3,(H,20,21)/t8-,12?/m1/s1. The average molecular weight is 337 g/mol. The van der Waals surface area contributed by atoms with Crippen LogP contribution in [0.15, 0.2) is 18.2 Å². The van der Waals surface area contributed by atoms with Crippen molar-refractivity contribution in [2.75, 3.05) is 13.1 Å². The molecule has 7 heteroatoms. The van der Waals surface area contributed by atoms with Crippen molar-refractivity contribution in [1.82, 2.24) is 4.90 Å². The summed E-state index contributed by atoms with van der Waals surface area (Å²) in [6.45, 7) is 3.87. The normalized spacial score (nSPS) is 21.6. The van der Waals surface area contributed by atoms with Gasteiger partial charge in [0.1, 0.15) is 5.82 Å². The van der Waals surface area contributed by atoms with E-state index >= 15 is 0 Å². The van der Waals surface area contributed by atoms with Gasteiger partial charge in [-0.15, -0.1) is 11.3 Å². The van der Waals surface area contributed by atoms with Crippen LogP contribution in [-0.4, -0.2) is 47.2 Å². The molecule has 1 aromatic heterocycles. The molecule has 0 bridgehead atoms. The van der Waals surface area contributed by atoms with Crippen LogP contribution in [0, 0.1) is 12.7 Å². The van der Waals surface area contributed by atoms with E-state index in [1.165, 1.54) is 28.4 Å². The molecule has 2 heterocycles. The van der Waals surface area contributed by atoms with Crippen LogP contribution in [-0.2, 0) is 9.53 Å². The van der Waals surface area contributed by atoms with Gasteiger partial charge in [-0.3, -0.25) is 4.79 Å². The van der Waals surface area contributed by atoms with Crippen molar-refractivity contribution in [2.24, 2.45) is 0 Å². The largest absolute Gasteiger partial charge is 0.479 e. The smallest absolute Gasteiger partial charge is 0.334 e. The third-order valence-electron chi connectivity index (χ3n) is 3.92. The number of carbonyl (C=O) groups is 2. The van der Waals surface area contributed by atoms with E-state index in [0.29, 0.717) is 11.4 Å². The number of hydrogen-bond donors (Lipinski definition) is 1. The molecule has 122 valence electrons. The molecule has 1 amide bonds. The maximum absolute atomic E-state index is 13.4. The second-order valence-corrected chi connectivity index (χ2v) is 6.73. The Balaban J connectivity index is 1.93. The number of fused-ring (bicyclic) bond motifs is 1. The Morgan fingerprint density at radius 1 is 1.39 bits per heavy atom. The lowest BCUT2D eigenvalue weighted by molar-refractivity contribution is -0.160. The Morgan fingerprint density at radius 3 is 2.83 bits per heavy atom. The van der Waals surface area contributed by atoms with Gasteiger partial charge >= 0.3 is 5.97 Å². The number of halogens is 1. The van der Waals surface area contributed by atoms with Gasteiger partial charge in [-0.2, -0.15) is 0 Å². The highest BCUT2D eigenvalue weighted by molar-refractivity contribution is 7.21. The van der Waals surface area contributed by atoms with Crippen LogP contribution in [0.5, 0.6) is 0 Å². The fourth-order valence-electron chi connectivity index (χ4n) is 2.79. The number of carbonyl (C=O) groups excluding carboxylic acids is 1. The lowest BCUT2D eigenvalue weighted by Crippen LogP contribution is -2.51. The fraction of sp³-hybridized carbons (Fsp3) is 0.375. The first kappa shape index (κ1) is 15.9. The number of rotatable bonds is 2. The van der Waals surface area contributed by atoms with E-state index in [1.54, 1.807) is 19.9 Å². The van der Waals surface area contributed by atoms with E-state index < -0.39 is 12.1 Å². The van der Waals surface area contributed by atoms with Gasteiger partial charge in [-0.1, -0.05) is 0 Å². The topological polar surface area (TPSA) is 66.8 Å². The molecule has 3 rings (SSSR count). The molecule has 0 saturated carbocycles. The number of hydrogen-bond acceptors (Lipinski definition) is 4. The molecule has 1 aromatic carbocycles. The van der Waals surface area contributed by atoms with E-state index in [1.807, 2.05) is 0 Å². The molecule has 1 N–H and O–H groups in total. The lowest BCUT2D eigenvalue weighted by Gasteiger charge is -2.34. The van der Waals surface area contributed by atoms with Crippen molar-refractivity contribution in [3.63, 3.8) is 0 Å². The minimum Gasteiger partial charge on any atom is -0.479 e. The highest BCUT2D eigenvalue weighted by atomic mass is 32.1. The molecule has 1 fully saturated rings. The maximum Gasteiger partial charge on any atom is 0.334 e. The molecule has 1 unspecified atom stereocenters. The zero-order valence-electron chi connectivity index (χ0n) is 12.7. The number of thiophene rings is 1. The Bertz CT molecular complexity index is 788. The predicted octanol–water partition coefficient (Wildman–Crippen LogP) is 2.66. The highest BCUT2D eigenvalue weighted by Gasteiger charge is 2.34. The van der Waals surface area contributed by atoms with Gasteiger partial charge in [0.25, 0.3) is 5.91 Å². The zero-order chi connectivity index (χ0) is 16.7. The third-order valence-corrected chi connectivity index (χ3v) is 5.18. The van der Waals surface area contributed by atoms with Gasteiger partial charge in [0, 0.05) is 11.2 Å². The number of nitrogens with zero attached hydrogens (tertiary/aromatic N) is 1. The van der Waals surface area contributed by atoms with E-state index in [4.69, 9.17) is 9.84 Å². The second kappa shape index (κ2) is 5.90. The van der Waals surface area contributed by atoms with Gasteiger partial charge in [-0.25, -0.2) is 9.18 Å². The fourth-order valence-corrected chi connectivity index (χ4v) is 3.95. The summed E-state index contributed by atoms with van der Waals surface area (Å²) in [4.78, 5) is 25.9. The number of ether oxygens (including phenoxy) is 1. The number of amides is 1. The van der Waals surface area contributed by atoms with Crippen molar-refractivity contribution < 1.29 is 23.8 Å². The van der Waals surface area contributed by atoms with Crippen LogP contribution in [0.3, 0.4) is 0 Å². The summed E-state index contributed by atoms with van der Waals surface area (Å²) < 4.78 is 19.6. The summed E-state index contributed by atoms with van der Waals surface area (Å²) in [5, 5.41) is 9.84. The second-order valence-electron chi connectivity index (χ2n) is 5.68. The molecule has 0 radical (unpaired) electrons. The van der Waals surface area contributed by atoms with Crippen LogP contribution >= 0.6 is 11.3 Å². The first-order valence-electron chi connectivity index (χ1n) is 7.23. The van der Waals surface area contributed by atoms with Gasteiger partial charge in [-0.05, 0) is 43.0 Å². The summed E-state index contributed by atoms with van der Waals surface area (Å²) in [6, 6.07) is 4.44. The van der Waals surface area contributed by atoms with Gasteiger partial charge in [0.2, 0.25) is 0 Å². The van der Waals surface area contributed by atoms with Gasteiger partial charge < -0.3 is 14.7 Å². The zero-order valence-corrected chi connectivity index (χ0v) is 13.5. The lowest BCUT2D eigenvalue weighted by atomic mass is 10.1. The summed E-state index contributed by atoms with van der Waals surface area (Å²) >= 11 is 1.30. The molecule has 1 saturated heterocycles. The molecular weight excluding hydrogens is 321 g/mol. The van der Waals surface area contributed by atoms with E-state index in [9.17, 15) is 14.0 Å². The minimum absolute atomic E-state index is 0.0144. The van der Waals surface area contributed by atoms with Crippen LogP contribution < -0.4 is 0 Å². The third kappa shape index (κ3) is 2.94. The molecule has 1 aliphatic heterocycles. The Morgan fingerprint density at radius 2 is 2.13 bits per heavy atom. The SMILES string of the molecule is Cc1c(C(=O)N2CC(C(=O)O)O[C@H](C)C2)sc2ccc(F)cc12. The van der Waals surface area contributed by atoms with Crippen LogP contribution in [0.2, 0.25) is 0 Å². The molecule has 0 aliphatic carbocycles. The number of aryl methyl sites for hydroxylation is 1. The first-order chi connectivity index (χ1) is 10.9. The molecule has 0 spiro atoms. The average Bonchev–Trinajstić information content (AvgIpc) is 2.82. The molecule has 2 aromatic rings. The van der Waals surface area contributed by atoms with Crippen LogP contribution in [0.4, 0.5) is 4.39 Å². The molecular formula is C16H16FNO4S. The number of aliphatic carboxylic acids is 1. The van der Waals surface area contributed by atoms with E-state index in [-0.39, 0.29) is 24.4 Å². The Labute approximate surface area is 136 Å². The maximum atomic E-state index is 13.4. The molecule has 2 atom stereocenters. The number of carboxylic acids is 1. The molecule has 23 heavy (non-hydrogen) atoms. The number of morpholine rings is 1. The van der Waals surface area contributed by atoms with E-state index in [2.05, 4.69) is 0 Å². The van der Waals surface area contributed by atoms with Crippen LogP contribution in [0.1, 0.15) is 22.2 Å². The minimum atomic E-state index is -1.08. The summed E-state index contributed by atoms with van der Waals surface area (Å²) in [5.74, 6) is -1.65. The Kier molecular flexibility index (Phi) is 4.08. The summed E-state index contributed by atoms with van der Waals surface area (Å²) in [5.41, 5.74) is 0.723. The van der Waals surface area contributed by atoms with Crippen molar-refractivity contribution in [1.29, 1.82) is 0 Å². The van der Waals surface area contributed by atoms with Crippen LogP contribution in [0.25, 0.3) is 10.1 Å². The van der Waals surface area contributed by atoms with Crippen molar-refractivity contribution in [2.45, 2.75) is 26.1 Å². The Hall–Kier alpha value is -1.99. The predicted molar refractivity (Wildman–Crippen MR) is 84.4 cm³/mol. The summed E-state index contributed by atoms with van der Waals surface area (Å²) in [6.07, 6.45) is -1.37. The monoisotopic (exact) mass is 337 g/mol. The number of carboxylic acid groups (broad SMARTS) is 1. The van der Waals surface area contributed by atoms with Gasteiger partial charge in [0.15, 0.2) is 6.10 Å². The van der Waals surface area contributed by atoms with Crippen molar-refractivity contribution >= 4 is 33.3 Å². The molecule has 5 nitrogen and oxygen atoms in total. The highest BCUT2D eigenvalue weighted by Crippen LogP contribution is 2.32.